The second-order valence-electron chi connectivity index (χ2n) is 6.07. The summed E-state index contributed by atoms with van der Waals surface area (Å²) in [5.74, 6) is 0. The lowest BCUT2D eigenvalue weighted by Crippen LogP contribution is -1.95. The Morgan fingerprint density at radius 1 is 0.560 bits per heavy atom. The predicted octanol–water partition coefficient (Wildman–Crippen LogP) is 2.01. The highest BCUT2D eigenvalue weighted by atomic mass is 16.3. The molecule has 0 saturated carbocycles. The fourth-order valence-electron chi connectivity index (χ4n) is 2.36. The fourth-order valence-corrected chi connectivity index (χ4v) is 2.36. The zero-order valence-electron chi connectivity index (χ0n) is 15.3. The number of rotatable bonds is 14. The fraction of sp³-hybridized carbons (Fsp3) is 0.600. The van der Waals surface area contributed by atoms with Crippen molar-refractivity contribution in [2.24, 2.45) is 0 Å². The van der Waals surface area contributed by atoms with Gasteiger partial charge in [0.1, 0.15) is 0 Å². The summed E-state index contributed by atoms with van der Waals surface area (Å²) in [5.41, 5.74) is 3.63. The number of aliphatic hydroxyl groups excluding tert-OH is 5. The van der Waals surface area contributed by atoms with E-state index in [4.69, 9.17) is 15.3 Å². The molecule has 144 valence electrons. The molecule has 5 N–H and O–H groups in total. The monoisotopic (exact) mass is 354 g/mol. The highest BCUT2D eigenvalue weighted by Crippen LogP contribution is 2.14. The smallest absolute Gasteiger partial charge is 0.0642 e. The topological polar surface area (TPSA) is 101 Å². The van der Waals surface area contributed by atoms with Crippen LogP contribution in [0, 0.1) is 0 Å². The molecule has 0 atom stereocenters. The third-order valence-corrected chi connectivity index (χ3v) is 3.99. The molecular weight excluding hydrogens is 320 g/mol. The largest absolute Gasteiger partial charge is 0.392 e. The van der Waals surface area contributed by atoms with Crippen LogP contribution in [0.25, 0.3) is 0 Å². The lowest BCUT2D eigenvalue weighted by atomic mass is 10.0. The zero-order valence-corrected chi connectivity index (χ0v) is 15.3. The van der Waals surface area contributed by atoms with E-state index in [2.05, 4.69) is 0 Å². The van der Waals surface area contributed by atoms with E-state index in [1.165, 1.54) is 0 Å². The molecule has 0 spiro atoms. The minimum atomic E-state index is -0.0752. The van der Waals surface area contributed by atoms with Crippen LogP contribution in [0.15, 0.2) is 46.6 Å². The van der Waals surface area contributed by atoms with Gasteiger partial charge in [0.15, 0.2) is 0 Å². The van der Waals surface area contributed by atoms with Crippen LogP contribution >= 0.6 is 0 Å². The third kappa shape index (κ3) is 12.7. The first kappa shape index (κ1) is 23.8. The van der Waals surface area contributed by atoms with E-state index in [0.29, 0.717) is 12.8 Å². The normalized spacial score (nSPS) is 14.3. The zero-order chi connectivity index (χ0) is 18.9. The first-order valence-electron chi connectivity index (χ1n) is 8.84. The summed E-state index contributed by atoms with van der Waals surface area (Å²) in [5, 5.41) is 45.7. The van der Waals surface area contributed by atoms with Gasteiger partial charge >= 0.3 is 0 Å². The Morgan fingerprint density at radius 2 is 0.960 bits per heavy atom. The molecule has 0 unspecified atom stereocenters. The molecule has 0 radical (unpaired) electrons. The molecule has 0 heterocycles. The minimum absolute atomic E-state index is 0.00109. The van der Waals surface area contributed by atoms with Crippen molar-refractivity contribution in [1.82, 2.24) is 0 Å². The summed E-state index contributed by atoms with van der Waals surface area (Å²) >= 11 is 0. The molecule has 0 aliphatic carbocycles. The molecule has 0 amide bonds. The van der Waals surface area contributed by atoms with Gasteiger partial charge in [-0.25, -0.2) is 0 Å². The van der Waals surface area contributed by atoms with E-state index in [-0.39, 0.29) is 33.0 Å². The van der Waals surface area contributed by atoms with Crippen LogP contribution in [0.5, 0.6) is 0 Å². The summed E-state index contributed by atoms with van der Waals surface area (Å²) < 4.78 is 0. The van der Waals surface area contributed by atoms with E-state index < -0.39 is 0 Å². The molecule has 0 rings (SSSR count). The summed E-state index contributed by atoms with van der Waals surface area (Å²) in [6, 6.07) is 0. The van der Waals surface area contributed by atoms with Crippen LogP contribution in [0.2, 0.25) is 0 Å². The van der Waals surface area contributed by atoms with E-state index in [1.54, 1.807) is 6.08 Å². The van der Waals surface area contributed by atoms with Crippen LogP contribution in [0.1, 0.15) is 45.4 Å². The Hall–Kier alpha value is -1.24. The van der Waals surface area contributed by atoms with Crippen molar-refractivity contribution < 1.29 is 25.5 Å². The first-order chi connectivity index (χ1) is 12.1. The van der Waals surface area contributed by atoms with E-state index in [9.17, 15) is 10.2 Å². The maximum Gasteiger partial charge on any atom is 0.0642 e. The van der Waals surface area contributed by atoms with Crippen LogP contribution < -0.4 is 0 Å². The van der Waals surface area contributed by atoms with E-state index in [0.717, 1.165) is 48.0 Å². The molecule has 0 bridgehead atoms. The van der Waals surface area contributed by atoms with Crippen molar-refractivity contribution in [2.75, 3.05) is 33.0 Å². The maximum atomic E-state index is 9.43. The molecule has 0 aromatic rings. The standard InChI is InChI=1S/C20H34O5/c1-17(13-22)5-2-6-18(14-23)7-3-8-19(15-24)9-4-10-20(16-25)11-12-21/h5,7,9,11,21-25H,2-4,6,8,10,12-16H2,1H3/b17-5+,18-7-,19-9-,20-11+. The highest BCUT2D eigenvalue weighted by molar-refractivity contribution is 5.10. The van der Waals surface area contributed by atoms with Gasteiger partial charge in [-0.15, -0.1) is 0 Å². The van der Waals surface area contributed by atoms with Crippen molar-refractivity contribution in [2.45, 2.75) is 45.4 Å². The summed E-state index contributed by atoms with van der Waals surface area (Å²) in [7, 11) is 0. The molecule has 0 saturated heterocycles. The van der Waals surface area contributed by atoms with Crippen molar-refractivity contribution >= 4 is 0 Å². The van der Waals surface area contributed by atoms with Gasteiger partial charge in [-0.2, -0.15) is 0 Å². The van der Waals surface area contributed by atoms with Crippen LogP contribution in [-0.2, 0) is 0 Å². The summed E-state index contributed by atoms with van der Waals surface area (Å²) in [6.07, 6.45) is 12.0. The molecule has 25 heavy (non-hydrogen) atoms. The molecule has 0 aliphatic rings. The highest BCUT2D eigenvalue weighted by Gasteiger charge is 1.99. The number of hydrogen-bond donors (Lipinski definition) is 5. The van der Waals surface area contributed by atoms with Gasteiger partial charge in [-0.1, -0.05) is 29.9 Å². The Kier molecular flexibility index (Phi) is 15.4. The molecule has 5 nitrogen and oxygen atoms in total. The van der Waals surface area contributed by atoms with Crippen LogP contribution in [-0.4, -0.2) is 58.6 Å². The average Bonchev–Trinajstić information content (AvgIpc) is 2.64. The van der Waals surface area contributed by atoms with Crippen LogP contribution in [0.3, 0.4) is 0 Å². The molecule has 0 fully saturated rings. The van der Waals surface area contributed by atoms with Gasteiger partial charge in [-0.05, 0) is 62.2 Å². The Labute approximate surface area is 151 Å². The Morgan fingerprint density at radius 3 is 1.32 bits per heavy atom. The molecule has 5 heteroatoms. The SMILES string of the molecule is C/C(=C\CC/C(=C/CC/C(=C/CC/C(=C\CO)CO)CO)CO)CO. The predicted molar refractivity (Wildman–Crippen MR) is 101 cm³/mol. The van der Waals surface area contributed by atoms with Gasteiger partial charge in [0.05, 0.1) is 33.0 Å². The Balaban J connectivity index is 4.37. The van der Waals surface area contributed by atoms with Crippen LogP contribution in [0.4, 0.5) is 0 Å². The van der Waals surface area contributed by atoms with E-state index in [1.807, 2.05) is 25.2 Å². The van der Waals surface area contributed by atoms with Crippen molar-refractivity contribution in [3.63, 3.8) is 0 Å². The van der Waals surface area contributed by atoms with Gasteiger partial charge < -0.3 is 25.5 Å². The number of aliphatic hydroxyl groups is 5. The summed E-state index contributed by atoms with van der Waals surface area (Å²) in [6.45, 7) is 1.83. The van der Waals surface area contributed by atoms with Crippen molar-refractivity contribution in [3.05, 3.63) is 46.6 Å². The van der Waals surface area contributed by atoms with Crippen molar-refractivity contribution in [1.29, 1.82) is 0 Å². The Bertz CT molecular complexity index is 461. The third-order valence-electron chi connectivity index (χ3n) is 3.99. The molecule has 0 aromatic heterocycles. The van der Waals surface area contributed by atoms with Gasteiger partial charge in [-0.3, -0.25) is 0 Å². The first-order valence-corrected chi connectivity index (χ1v) is 8.84. The summed E-state index contributed by atoms with van der Waals surface area (Å²) in [4.78, 5) is 0. The molecule has 0 aliphatic heterocycles. The second kappa shape index (κ2) is 16.2. The average molecular weight is 354 g/mol. The number of allylic oxidation sites excluding steroid dienone is 3. The number of hydrogen-bond acceptors (Lipinski definition) is 5. The second-order valence-corrected chi connectivity index (χ2v) is 6.07. The lowest BCUT2D eigenvalue weighted by molar-refractivity contribution is 0.315. The van der Waals surface area contributed by atoms with Crippen molar-refractivity contribution in [3.8, 4) is 0 Å². The van der Waals surface area contributed by atoms with Gasteiger partial charge in [0.2, 0.25) is 0 Å². The van der Waals surface area contributed by atoms with Gasteiger partial charge in [0, 0.05) is 0 Å². The quantitative estimate of drug-likeness (QED) is 0.307. The molecule has 0 aromatic carbocycles. The van der Waals surface area contributed by atoms with E-state index >= 15 is 0 Å². The lowest BCUT2D eigenvalue weighted by Gasteiger charge is -2.06. The minimum Gasteiger partial charge on any atom is -0.392 e. The maximum absolute atomic E-state index is 9.43. The molecular formula is C20H34O5. The van der Waals surface area contributed by atoms with Gasteiger partial charge in [0.25, 0.3) is 0 Å².